The summed E-state index contributed by atoms with van der Waals surface area (Å²) in [6, 6.07) is 0. The molecule has 1 saturated carbocycles. The lowest BCUT2D eigenvalue weighted by atomic mass is 10.1. The van der Waals surface area contributed by atoms with Crippen molar-refractivity contribution in [2.24, 2.45) is 0 Å². The van der Waals surface area contributed by atoms with E-state index in [-0.39, 0.29) is 5.91 Å². The highest BCUT2D eigenvalue weighted by Gasteiger charge is 2.29. The molecule has 3 heteroatoms. The van der Waals surface area contributed by atoms with Crippen molar-refractivity contribution in [2.75, 3.05) is 13.1 Å². The molecule has 1 saturated heterocycles. The molecule has 1 heterocycles. The van der Waals surface area contributed by atoms with Gasteiger partial charge in [0.2, 0.25) is 5.91 Å². The predicted octanol–water partition coefficient (Wildman–Crippen LogP) is 1.67. The second-order valence-corrected chi connectivity index (χ2v) is 3.85. The minimum Gasteiger partial charge on any atom is -0.333 e. The third-order valence-electron chi connectivity index (χ3n) is 2.72. The normalized spacial score (nSPS) is 23.2. The number of hydrogen-bond donors (Lipinski definition) is 0. The third-order valence-corrected chi connectivity index (χ3v) is 2.72. The first kappa shape index (κ1) is 8.73. The van der Waals surface area contributed by atoms with Gasteiger partial charge in [-0.15, -0.1) is 0 Å². The fourth-order valence-corrected chi connectivity index (χ4v) is 1.84. The highest BCUT2D eigenvalue weighted by atomic mass is 19.1. The van der Waals surface area contributed by atoms with Crippen LogP contribution in [-0.2, 0) is 4.79 Å². The second-order valence-electron chi connectivity index (χ2n) is 3.85. The van der Waals surface area contributed by atoms with Gasteiger partial charge in [-0.2, -0.15) is 0 Å². The molecule has 1 aliphatic carbocycles. The Morgan fingerprint density at radius 3 is 2.54 bits per heavy atom. The number of carbonyl (C=O) groups is 1. The molecular formula is C10H14FNO. The molecule has 2 fully saturated rings. The van der Waals surface area contributed by atoms with Gasteiger partial charge in [-0.1, -0.05) is 5.57 Å². The van der Waals surface area contributed by atoms with Gasteiger partial charge in [-0.05, 0) is 25.7 Å². The maximum absolute atomic E-state index is 12.4. The van der Waals surface area contributed by atoms with E-state index in [1.807, 2.05) is 0 Å². The van der Waals surface area contributed by atoms with Crippen molar-refractivity contribution in [2.45, 2.75) is 31.9 Å². The number of hydrogen-bond acceptors (Lipinski definition) is 1. The van der Waals surface area contributed by atoms with E-state index in [0.29, 0.717) is 13.1 Å². The molecule has 0 aromatic heterocycles. The van der Waals surface area contributed by atoms with Crippen molar-refractivity contribution >= 4 is 5.91 Å². The van der Waals surface area contributed by atoms with E-state index >= 15 is 0 Å². The molecule has 0 N–H and O–H groups in total. The van der Waals surface area contributed by atoms with E-state index in [0.717, 1.165) is 12.8 Å². The number of likely N-dealkylation sites (tertiary alicyclic amines) is 1. The highest BCUT2D eigenvalue weighted by Crippen LogP contribution is 2.24. The number of allylic oxidation sites excluding steroid dienone is 1. The third kappa shape index (κ3) is 1.90. The topological polar surface area (TPSA) is 20.3 Å². The molecule has 2 aliphatic rings. The molecule has 0 bridgehead atoms. The zero-order valence-corrected chi connectivity index (χ0v) is 7.63. The Hall–Kier alpha value is -0.860. The van der Waals surface area contributed by atoms with Gasteiger partial charge in [-0.3, -0.25) is 4.79 Å². The molecule has 0 unspecified atom stereocenters. The van der Waals surface area contributed by atoms with Gasteiger partial charge in [0, 0.05) is 6.08 Å². The Morgan fingerprint density at radius 1 is 1.38 bits per heavy atom. The van der Waals surface area contributed by atoms with Gasteiger partial charge < -0.3 is 4.90 Å². The van der Waals surface area contributed by atoms with Crippen LogP contribution in [0.1, 0.15) is 25.7 Å². The van der Waals surface area contributed by atoms with E-state index in [2.05, 4.69) is 0 Å². The van der Waals surface area contributed by atoms with Crippen LogP contribution in [0.15, 0.2) is 11.6 Å². The van der Waals surface area contributed by atoms with Gasteiger partial charge >= 0.3 is 0 Å². The lowest BCUT2D eigenvalue weighted by molar-refractivity contribution is -0.132. The monoisotopic (exact) mass is 183 g/mol. The molecule has 72 valence electrons. The fourth-order valence-electron chi connectivity index (χ4n) is 1.84. The van der Waals surface area contributed by atoms with Crippen molar-refractivity contribution in [1.82, 2.24) is 4.90 Å². The van der Waals surface area contributed by atoms with Crippen molar-refractivity contribution in [3.63, 3.8) is 0 Å². The Kier molecular flexibility index (Phi) is 2.34. The van der Waals surface area contributed by atoms with Crippen molar-refractivity contribution < 1.29 is 9.18 Å². The first-order valence-electron chi connectivity index (χ1n) is 4.88. The number of nitrogens with zero attached hydrogens (tertiary/aromatic N) is 1. The summed E-state index contributed by atoms with van der Waals surface area (Å²) in [6.45, 7) is 0.589. The van der Waals surface area contributed by atoms with Crippen molar-refractivity contribution in [1.29, 1.82) is 0 Å². The van der Waals surface area contributed by atoms with E-state index in [1.165, 1.54) is 18.4 Å². The average molecular weight is 183 g/mol. The summed E-state index contributed by atoms with van der Waals surface area (Å²) >= 11 is 0. The number of rotatable bonds is 1. The molecule has 0 aromatic rings. The van der Waals surface area contributed by atoms with Gasteiger partial charge in [0.05, 0.1) is 13.1 Å². The molecule has 13 heavy (non-hydrogen) atoms. The Morgan fingerprint density at radius 2 is 2.00 bits per heavy atom. The van der Waals surface area contributed by atoms with E-state index in [1.54, 1.807) is 11.0 Å². The molecule has 2 rings (SSSR count). The summed E-state index contributed by atoms with van der Waals surface area (Å²) < 4.78 is 12.4. The minimum atomic E-state index is -0.786. The van der Waals surface area contributed by atoms with Crippen LogP contribution in [0.25, 0.3) is 0 Å². The summed E-state index contributed by atoms with van der Waals surface area (Å²) in [7, 11) is 0. The van der Waals surface area contributed by atoms with Crippen LogP contribution in [0, 0.1) is 0 Å². The fraction of sp³-hybridized carbons (Fsp3) is 0.700. The molecule has 0 spiro atoms. The van der Waals surface area contributed by atoms with E-state index < -0.39 is 6.17 Å². The largest absolute Gasteiger partial charge is 0.333 e. The average Bonchev–Trinajstić information content (AvgIpc) is 2.51. The number of amides is 1. The molecule has 0 radical (unpaired) electrons. The highest BCUT2D eigenvalue weighted by molar-refractivity contribution is 5.89. The van der Waals surface area contributed by atoms with Crippen LogP contribution >= 0.6 is 0 Å². The maximum atomic E-state index is 12.4. The number of alkyl halides is 1. The van der Waals surface area contributed by atoms with Crippen LogP contribution in [-0.4, -0.2) is 30.1 Å². The van der Waals surface area contributed by atoms with Crippen molar-refractivity contribution in [3.8, 4) is 0 Å². The van der Waals surface area contributed by atoms with Crippen LogP contribution in [0.4, 0.5) is 4.39 Å². The lowest BCUT2D eigenvalue weighted by Crippen LogP contribution is -2.50. The van der Waals surface area contributed by atoms with Crippen LogP contribution < -0.4 is 0 Å². The molecule has 0 aromatic carbocycles. The summed E-state index contributed by atoms with van der Waals surface area (Å²) in [6.07, 6.45) is 5.43. The SMILES string of the molecule is O=C(C=C1CCCC1)N1CC(F)C1. The lowest BCUT2D eigenvalue weighted by Gasteiger charge is -2.33. The molecule has 2 nitrogen and oxygen atoms in total. The Labute approximate surface area is 77.4 Å². The molecule has 1 amide bonds. The van der Waals surface area contributed by atoms with E-state index in [9.17, 15) is 9.18 Å². The minimum absolute atomic E-state index is 0.00537. The molecule has 1 aliphatic heterocycles. The molecule has 0 atom stereocenters. The number of halogens is 1. The van der Waals surface area contributed by atoms with Crippen molar-refractivity contribution in [3.05, 3.63) is 11.6 Å². The summed E-state index contributed by atoms with van der Waals surface area (Å²) in [5.41, 5.74) is 1.24. The first-order chi connectivity index (χ1) is 6.25. The van der Waals surface area contributed by atoms with E-state index in [4.69, 9.17) is 0 Å². The quantitative estimate of drug-likeness (QED) is 0.566. The van der Waals surface area contributed by atoms with Gasteiger partial charge in [0.25, 0.3) is 0 Å². The van der Waals surface area contributed by atoms with Crippen LogP contribution in [0.5, 0.6) is 0 Å². The van der Waals surface area contributed by atoms with Gasteiger partial charge in [0.15, 0.2) is 0 Å². The zero-order valence-electron chi connectivity index (χ0n) is 7.63. The van der Waals surface area contributed by atoms with Gasteiger partial charge in [-0.25, -0.2) is 4.39 Å². The first-order valence-corrected chi connectivity index (χ1v) is 4.88. The number of carbonyl (C=O) groups excluding carboxylic acids is 1. The summed E-state index contributed by atoms with van der Waals surface area (Å²) in [4.78, 5) is 13.0. The molecular weight excluding hydrogens is 169 g/mol. The Bertz CT molecular complexity index is 235. The van der Waals surface area contributed by atoms with Gasteiger partial charge in [0.1, 0.15) is 6.17 Å². The van der Waals surface area contributed by atoms with Crippen LogP contribution in [0.3, 0.4) is 0 Å². The standard InChI is InChI=1S/C10H14FNO/c11-9-6-12(7-9)10(13)5-8-3-1-2-4-8/h5,9H,1-4,6-7H2. The zero-order chi connectivity index (χ0) is 9.26. The Balaban J connectivity index is 1.87. The van der Waals surface area contributed by atoms with Crippen LogP contribution in [0.2, 0.25) is 0 Å². The predicted molar refractivity (Wildman–Crippen MR) is 48.0 cm³/mol. The smallest absolute Gasteiger partial charge is 0.246 e. The maximum Gasteiger partial charge on any atom is 0.246 e. The summed E-state index contributed by atoms with van der Waals surface area (Å²) in [5, 5.41) is 0. The summed E-state index contributed by atoms with van der Waals surface area (Å²) in [5.74, 6) is 0.00537. The second kappa shape index (κ2) is 3.48.